The Balaban J connectivity index is 2.06. The van der Waals surface area contributed by atoms with Gasteiger partial charge in [0.15, 0.2) is 23.1 Å². The summed E-state index contributed by atoms with van der Waals surface area (Å²) in [5.41, 5.74) is -3.43. The Bertz CT molecular complexity index is 839. The molecule has 1 aromatic rings. The summed E-state index contributed by atoms with van der Waals surface area (Å²) in [7, 11) is 0. The molecule has 3 atom stereocenters. The lowest BCUT2D eigenvalue weighted by atomic mass is 9.73. The van der Waals surface area contributed by atoms with Crippen molar-refractivity contribution in [3.8, 4) is 0 Å². The summed E-state index contributed by atoms with van der Waals surface area (Å²) in [6.45, 7) is 0. The maximum Gasteiger partial charge on any atom is 0.336 e. The normalized spacial score (nSPS) is 26.5. The van der Waals surface area contributed by atoms with E-state index in [1.807, 2.05) is 0 Å². The predicted molar refractivity (Wildman–Crippen MR) is 93.8 cm³/mol. The Kier molecular flexibility index (Phi) is 4.96. The summed E-state index contributed by atoms with van der Waals surface area (Å²) < 4.78 is 5.52. The van der Waals surface area contributed by atoms with Crippen molar-refractivity contribution in [2.45, 2.75) is 49.3 Å². The average molecular weight is 396 g/mol. The third-order valence-electron chi connectivity index (χ3n) is 4.90. The fourth-order valence-electron chi connectivity index (χ4n) is 3.61. The number of fused-ring (bicyclic) bond motifs is 2. The van der Waals surface area contributed by atoms with Crippen molar-refractivity contribution < 1.29 is 34.4 Å². The van der Waals surface area contributed by atoms with Crippen molar-refractivity contribution in [3.05, 3.63) is 34.9 Å². The standard InChI is InChI=1S/C18H18ClNO7/c19-11-5-2-1-4-10(11)18-7-3-6-12(15(18)23)27-13(20-18)8-17(26,16(24)25)9-14(21)22/h1-2,4-5,12,26H,3,6-9H2,(H,21,22)(H,24,25)/t12-,17?,18-/m1/s1. The minimum Gasteiger partial charge on any atom is -0.481 e. The zero-order chi connectivity index (χ0) is 19.8. The zero-order valence-electron chi connectivity index (χ0n) is 14.2. The molecule has 0 spiro atoms. The number of ether oxygens (including phenoxy) is 1. The SMILES string of the molecule is O=C(O)CC(O)(CC1=N[C@@]2(c3ccccc3Cl)CCC[C@@H](O1)C2=O)C(=O)O. The molecule has 3 N–H and O–H groups in total. The second kappa shape index (κ2) is 6.94. The van der Waals surface area contributed by atoms with E-state index >= 15 is 0 Å². The van der Waals surface area contributed by atoms with Gasteiger partial charge in [-0.2, -0.15) is 0 Å². The summed E-state index contributed by atoms with van der Waals surface area (Å²) in [6.07, 6.45) is -1.09. The molecule has 1 aliphatic carbocycles. The van der Waals surface area contributed by atoms with Gasteiger partial charge in [0.25, 0.3) is 0 Å². The van der Waals surface area contributed by atoms with Crippen LogP contribution in [0.1, 0.15) is 37.7 Å². The lowest BCUT2D eigenvalue weighted by molar-refractivity contribution is -0.165. The quantitative estimate of drug-likeness (QED) is 0.668. The van der Waals surface area contributed by atoms with Crippen LogP contribution >= 0.6 is 11.6 Å². The van der Waals surface area contributed by atoms with Crippen molar-refractivity contribution in [2.75, 3.05) is 0 Å². The van der Waals surface area contributed by atoms with Crippen LogP contribution in [0.25, 0.3) is 0 Å². The van der Waals surface area contributed by atoms with E-state index in [4.69, 9.17) is 21.4 Å². The van der Waals surface area contributed by atoms with Crippen molar-refractivity contribution >= 4 is 35.2 Å². The summed E-state index contributed by atoms with van der Waals surface area (Å²) in [4.78, 5) is 39.7. The zero-order valence-corrected chi connectivity index (χ0v) is 15.0. The first-order chi connectivity index (χ1) is 12.7. The van der Waals surface area contributed by atoms with E-state index in [9.17, 15) is 24.6 Å². The molecule has 0 aromatic heterocycles. The van der Waals surface area contributed by atoms with Crippen LogP contribution in [-0.4, -0.2) is 50.6 Å². The molecule has 1 fully saturated rings. The van der Waals surface area contributed by atoms with E-state index < -0.39 is 42.0 Å². The molecular formula is C18H18ClNO7. The molecule has 1 heterocycles. The van der Waals surface area contributed by atoms with Gasteiger partial charge < -0.3 is 20.1 Å². The molecule has 1 saturated carbocycles. The summed E-state index contributed by atoms with van der Waals surface area (Å²) in [5.74, 6) is -3.62. The first kappa shape index (κ1) is 19.3. The summed E-state index contributed by atoms with van der Waals surface area (Å²) in [5, 5.41) is 28.8. The van der Waals surface area contributed by atoms with Crippen LogP contribution < -0.4 is 0 Å². The molecule has 1 unspecified atom stereocenters. The molecule has 0 radical (unpaired) electrons. The molecule has 9 heteroatoms. The van der Waals surface area contributed by atoms with Crippen LogP contribution in [0.4, 0.5) is 0 Å². The van der Waals surface area contributed by atoms with E-state index in [2.05, 4.69) is 4.99 Å². The number of carboxylic acids is 2. The highest BCUT2D eigenvalue weighted by Gasteiger charge is 2.53. The summed E-state index contributed by atoms with van der Waals surface area (Å²) >= 11 is 6.28. The van der Waals surface area contributed by atoms with E-state index in [-0.39, 0.29) is 11.7 Å². The Morgan fingerprint density at radius 1 is 1.33 bits per heavy atom. The van der Waals surface area contributed by atoms with Crippen LogP contribution in [0.15, 0.2) is 29.3 Å². The monoisotopic (exact) mass is 395 g/mol. The second-order valence-electron chi connectivity index (χ2n) is 6.79. The molecule has 0 saturated heterocycles. The third kappa shape index (κ3) is 3.42. The number of nitrogens with zero attached hydrogens (tertiary/aromatic N) is 1. The Hall–Kier alpha value is -2.45. The first-order valence-electron chi connectivity index (χ1n) is 8.40. The Labute approximate surface area is 159 Å². The van der Waals surface area contributed by atoms with Gasteiger partial charge in [-0.1, -0.05) is 29.8 Å². The molecule has 3 rings (SSSR count). The number of benzene rings is 1. The fourth-order valence-corrected chi connectivity index (χ4v) is 3.90. The maximum atomic E-state index is 12.9. The van der Waals surface area contributed by atoms with E-state index in [0.29, 0.717) is 29.8 Å². The molecule has 8 nitrogen and oxygen atoms in total. The van der Waals surface area contributed by atoms with Crippen molar-refractivity contribution in [3.63, 3.8) is 0 Å². The molecule has 2 bridgehead atoms. The second-order valence-corrected chi connectivity index (χ2v) is 7.20. The lowest BCUT2D eigenvalue weighted by Gasteiger charge is -2.42. The molecule has 0 amide bonds. The first-order valence-corrected chi connectivity index (χ1v) is 8.78. The number of ketones is 1. The number of hydrogen-bond donors (Lipinski definition) is 3. The predicted octanol–water partition coefficient (Wildman–Crippen LogP) is 1.77. The van der Waals surface area contributed by atoms with E-state index in [1.165, 1.54) is 0 Å². The van der Waals surface area contributed by atoms with Crippen LogP contribution in [-0.2, 0) is 24.7 Å². The van der Waals surface area contributed by atoms with Crippen molar-refractivity contribution in [2.24, 2.45) is 4.99 Å². The van der Waals surface area contributed by atoms with Gasteiger partial charge in [-0.25, -0.2) is 9.79 Å². The average Bonchev–Trinajstić information content (AvgIpc) is 2.56. The lowest BCUT2D eigenvalue weighted by Crippen LogP contribution is -2.53. The van der Waals surface area contributed by atoms with Gasteiger partial charge in [0.1, 0.15) is 0 Å². The number of hydrogen-bond acceptors (Lipinski definition) is 6. The number of aliphatic imine (C=N–C) groups is 1. The minimum atomic E-state index is -2.60. The van der Waals surface area contributed by atoms with Gasteiger partial charge in [0.2, 0.25) is 5.78 Å². The molecule has 2 aliphatic rings. The number of aliphatic carboxylic acids is 2. The summed E-state index contributed by atoms with van der Waals surface area (Å²) in [6, 6.07) is 6.74. The van der Waals surface area contributed by atoms with Gasteiger partial charge in [-0.05, 0) is 25.3 Å². The topological polar surface area (TPSA) is 133 Å². The molecular weight excluding hydrogens is 378 g/mol. The van der Waals surface area contributed by atoms with Gasteiger partial charge in [0, 0.05) is 10.6 Å². The molecule has 27 heavy (non-hydrogen) atoms. The number of carboxylic acid groups (broad SMARTS) is 2. The van der Waals surface area contributed by atoms with Crippen molar-refractivity contribution in [1.82, 2.24) is 0 Å². The number of carbonyl (C=O) groups excluding carboxylic acids is 1. The van der Waals surface area contributed by atoms with Gasteiger partial charge >= 0.3 is 11.9 Å². The number of aliphatic hydroxyl groups is 1. The van der Waals surface area contributed by atoms with Gasteiger partial charge in [-0.15, -0.1) is 0 Å². The highest BCUT2D eigenvalue weighted by atomic mass is 35.5. The largest absolute Gasteiger partial charge is 0.481 e. The van der Waals surface area contributed by atoms with Crippen LogP contribution in [0.5, 0.6) is 0 Å². The van der Waals surface area contributed by atoms with Crippen LogP contribution in [0.3, 0.4) is 0 Å². The van der Waals surface area contributed by atoms with E-state index in [0.717, 1.165) is 0 Å². The van der Waals surface area contributed by atoms with Crippen molar-refractivity contribution in [1.29, 1.82) is 0 Å². The third-order valence-corrected chi connectivity index (χ3v) is 5.23. The smallest absolute Gasteiger partial charge is 0.336 e. The highest BCUT2D eigenvalue weighted by molar-refractivity contribution is 6.32. The van der Waals surface area contributed by atoms with Gasteiger partial charge in [-0.3, -0.25) is 9.59 Å². The number of Topliss-reactive ketones (excluding diaryl/α,β-unsaturated/α-hetero) is 1. The molecule has 1 aliphatic heterocycles. The van der Waals surface area contributed by atoms with Crippen LogP contribution in [0.2, 0.25) is 5.02 Å². The highest BCUT2D eigenvalue weighted by Crippen LogP contribution is 2.45. The number of halogens is 1. The maximum absolute atomic E-state index is 12.9. The van der Waals surface area contributed by atoms with E-state index in [1.54, 1.807) is 24.3 Å². The number of carbonyl (C=O) groups is 3. The minimum absolute atomic E-state index is 0.162. The fraction of sp³-hybridized carbons (Fsp3) is 0.444. The number of rotatable bonds is 6. The van der Waals surface area contributed by atoms with Crippen LogP contribution in [0, 0.1) is 0 Å². The molecule has 144 valence electrons. The van der Waals surface area contributed by atoms with Gasteiger partial charge in [0.05, 0.1) is 12.8 Å². The Morgan fingerprint density at radius 2 is 2.04 bits per heavy atom. The Morgan fingerprint density at radius 3 is 2.67 bits per heavy atom. The molecule has 1 aromatic carbocycles.